The number of sulfonamides is 1. The van der Waals surface area contributed by atoms with Crippen molar-refractivity contribution in [1.29, 1.82) is 0 Å². The third kappa shape index (κ3) is 5.46. The molecule has 1 fully saturated rings. The molecule has 0 bridgehead atoms. The number of carbonyl (C=O) groups excluding carboxylic acids is 1. The third-order valence-electron chi connectivity index (χ3n) is 3.31. The van der Waals surface area contributed by atoms with Gasteiger partial charge in [0, 0.05) is 13.1 Å². The monoisotopic (exact) mass is 292 g/mol. The van der Waals surface area contributed by atoms with Crippen LogP contribution in [0.25, 0.3) is 0 Å². The highest BCUT2D eigenvalue weighted by Gasteiger charge is 2.28. The SMILES string of the molecule is CCCN(CC1CCNCC1)S(=O)(=O)CC(=O)OC. The fourth-order valence-electron chi connectivity index (χ4n) is 2.24. The fraction of sp³-hybridized carbons (Fsp3) is 0.917. The number of nitrogens with one attached hydrogen (secondary N) is 1. The van der Waals surface area contributed by atoms with Crippen molar-refractivity contribution in [2.75, 3.05) is 39.0 Å². The second-order valence-electron chi connectivity index (χ2n) is 4.88. The Balaban J connectivity index is 2.66. The van der Waals surface area contributed by atoms with Crippen molar-refractivity contribution in [2.45, 2.75) is 26.2 Å². The van der Waals surface area contributed by atoms with Crippen LogP contribution in [0.2, 0.25) is 0 Å². The van der Waals surface area contributed by atoms with E-state index in [-0.39, 0.29) is 0 Å². The van der Waals surface area contributed by atoms with Crippen molar-refractivity contribution >= 4 is 16.0 Å². The molecule has 7 heteroatoms. The number of nitrogens with zero attached hydrogens (tertiary/aromatic N) is 1. The molecule has 0 unspecified atom stereocenters. The Bertz CT molecular complexity index is 377. The smallest absolute Gasteiger partial charge is 0.322 e. The summed E-state index contributed by atoms with van der Waals surface area (Å²) in [5.41, 5.74) is 0. The molecule has 0 aromatic carbocycles. The molecule has 0 aromatic rings. The quantitative estimate of drug-likeness (QED) is 0.679. The lowest BCUT2D eigenvalue weighted by molar-refractivity contribution is -0.137. The van der Waals surface area contributed by atoms with Crippen LogP contribution in [-0.4, -0.2) is 57.7 Å². The molecule has 0 radical (unpaired) electrons. The van der Waals surface area contributed by atoms with Crippen molar-refractivity contribution < 1.29 is 17.9 Å². The second-order valence-corrected chi connectivity index (χ2v) is 6.85. The predicted octanol–water partition coefficient (Wildman–Crippen LogP) is 0.201. The molecule has 1 aliphatic heterocycles. The van der Waals surface area contributed by atoms with E-state index in [0.717, 1.165) is 32.4 Å². The highest BCUT2D eigenvalue weighted by atomic mass is 32.2. The molecular formula is C12H24N2O4S. The van der Waals surface area contributed by atoms with Crippen molar-refractivity contribution in [2.24, 2.45) is 5.92 Å². The topological polar surface area (TPSA) is 75.7 Å². The van der Waals surface area contributed by atoms with Gasteiger partial charge in [-0.15, -0.1) is 0 Å². The first-order valence-electron chi connectivity index (χ1n) is 6.75. The highest BCUT2D eigenvalue weighted by Crippen LogP contribution is 2.16. The molecule has 0 aromatic heterocycles. The Kier molecular flexibility index (Phi) is 6.74. The average Bonchev–Trinajstić information content (AvgIpc) is 2.39. The Morgan fingerprint density at radius 2 is 2.00 bits per heavy atom. The lowest BCUT2D eigenvalue weighted by atomic mass is 9.98. The van der Waals surface area contributed by atoms with Crippen LogP contribution in [0.4, 0.5) is 0 Å². The van der Waals surface area contributed by atoms with Crippen molar-refractivity contribution in [3.05, 3.63) is 0 Å². The summed E-state index contributed by atoms with van der Waals surface area (Å²) < 4.78 is 30.2. The average molecular weight is 292 g/mol. The number of piperidine rings is 1. The zero-order valence-electron chi connectivity index (χ0n) is 11.7. The second kappa shape index (κ2) is 7.81. The van der Waals surface area contributed by atoms with Crippen LogP contribution in [0, 0.1) is 5.92 Å². The number of esters is 1. The summed E-state index contributed by atoms with van der Waals surface area (Å²) in [6.45, 7) is 4.77. The highest BCUT2D eigenvalue weighted by molar-refractivity contribution is 7.89. The number of hydrogen-bond donors (Lipinski definition) is 1. The maximum Gasteiger partial charge on any atom is 0.322 e. The number of hydrogen-bond acceptors (Lipinski definition) is 5. The van der Waals surface area contributed by atoms with Crippen LogP contribution in [0.3, 0.4) is 0 Å². The van der Waals surface area contributed by atoms with Gasteiger partial charge in [-0.25, -0.2) is 12.7 Å². The minimum atomic E-state index is -3.56. The first-order chi connectivity index (χ1) is 8.99. The Morgan fingerprint density at radius 3 is 2.53 bits per heavy atom. The van der Waals surface area contributed by atoms with Crippen LogP contribution in [0.1, 0.15) is 26.2 Å². The Morgan fingerprint density at radius 1 is 1.37 bits per heavy atom. The zero-order chi connectivity index (χ0) is 14.3. The van der Waals surface area contributed by atoms with E-state index in [4.69, 9.17) is 0 Å². The van der Waals surface area contributed by atoms with E-state index < -0.39 is 21.7 Å². The van der Waals surface area contributed by atoms with Gasteiger partial charge >= 0.3 is 5.97 Å². The van der Waals surface area contributed by atoms with E-state index in [1.54, 1.807) is 0 Å². The molecule has 1 saturated heterocycles. The Labute approximate surface area is 115 Å². The lowest BCUT2D eigenvalue weighted by Crippen LogP contribution is -2.42. The van der Waals surface area contributed by atoms with E-state index in [1.165, 1.54) is 11.4 Å². The summed E-state index contributed by atoms with van der Waals surface area (Å²) in [6, 6.07) is 0. The number of carbonyl (C=O) groups is 1. The van der Waals surface area contributed by atoms with E-state index >= 15 is 0 Å². The predicted molar refractivity (Wildman–Crippen MR) is 73.3 cm³/mol. The maximum atomic E-state index is 12.2. The number of rotatable bonds is 7. The summed E-state index contributed by atoms with van der Waals surface area (Å²) in [4.78, 5) is 11.2. The minimum Gasteiger partial charge on any atom is -0.468 e. The van der Waals surface area contributed by atoms with E-state index in [2.05, 4.69) is 10.1 Å². The largest absolute Gasteiger partial charge is 0.468 e. The first kappa shape index (κ1) is 16.4. The van der Waals surface area contributed by atoms with Gasteiger partial charge in [0.05, 0.1) is 7.11 Å². The number of methoxy groups -OCH3 is 1. The molecular weight excluding hydrogens is 268 g/mol. The molecule has 1 heterocycles. The van der Waals surface area contributed by atoms with Crippen LogP contribution in [-0.2, 0) is 19.6 Å². The van der Waals surface area contributed by atoms with E-state index in [0.29, 0.717) is 19.0 Å². The Hall–Kier alpha value is -0.660. The summed E-state index contributed by atoms with van der Waals surface area (Å²) in [5.74, 6) is -0.888. The van der Waals surface area contributed by atoms with E-state index in [1.807, 2.05) is 6.92 Å². The maximum absolute atomic E-state index is 12.2. The number of ether oxygens (including phenoxy) is 1. The molecule has 19 heavy (non-hydrogen) atoms. The molecule has 1 aliphatic rings. The first-order valence-corrected chi connectivity index (χ1v) is 8.36. The van der Waals surface area contributed by atoms with Gasteiger partial charge in [0.1, 0.15) is 0 Å². The van der Waals surface area contributed by atoms with Crippen LogP contribution < -0.4 is 5.32 Å². The van der Waals surface area contributed by atoms with E-state index in [9.17, 15) is 13.2 Å². The van der Waals surface area contributed by atoms with Gasteiger partial charge in [0.15, 0.2) is 5.75 Å². The van der Waals surface area contributed by atoms with Gasteiger partial charge in [-0.3, -0.25) is 4.79 Å². The summed E-state index contributed by atoms with van der Waals surface area (Å²) in [7, 11) is -2.35. The third-order valence-corrected chi connectivity index (χ3v) is 5.03. The van der Waals surface area contributed by atoms with Gasteiger partial charge in [-0.05, 0) is 38.3 Å². The summed E-state index contributed by atoms with van der Waals surface area (Å²) >= 11 is 0. The molecule has 0 aliphatic carbocycles. The van der Waals surface area contributed by atoms with Crippen molar-refractivity contribution in [3.63, 3.8) is 0 Å². The summed E-state index contributed by atoms with van der Waals surface area (Å²) in [6.07, 6.45) is 2.70. The van der Waals surface area contributed by atoms with Crippen LogP contribution >= 0.6 is 0 Å². The van der Waals surface area contributed by atoms with Crippen molar-refractivity contribution in [1.82, 2.24) is 9.62 Å². The van der Waals surface area contributed by atoms with Crippen molar-refractivity contribution in [3.8, 4) is 0 Å². The fourth-order valence-corrected chi connectivity index (χ4v) is 3.74. The molecule has 0 saturated carbocycles. The molecule has 1 rings (SSSR count). The van der Waals surface area contributed by atoms with Crippen LogP contribution in [0.15, 0.2) is 0 Å². The molecule has 1 N–H and O–H groups in total. The van der Waals surface area contributed by atoms with Gasteiger partial charge < -0.3 is 10.1 Å². The van der Waals surface area contributed by atoms with Gasteiger partial charge in [0.2, 0.25) is 10.0 Å². The molecule has 0 amide bonds. The normalized spacial score (nSPS) is 17.6. The molecule has 112 valence electrons. The van der Waals surface area contributed by atoms with Crippen LogP contribution in [0.5, 0.6) is 0 Å². The molecule has 0 atom stereocenters. The van der Waals surface area contributed by atoms with Gasteiger partial charge in [-0.1, -0.05) is 6.92 Å². The zero-order valence-corrected chi connectivity index (χ0v) is 12.5. The van der Waals surface area contributed by atoms with Gasteiger partial charge in [-0.2, -0.15) is 0 Å². The van der Waals surface area contributed by atoms with Gasteiger partial charge in [0.25, 0.3) is 0 Å². The molecule has 0 spiro atoms. The summed E-state index contributed by atoms with van der Waals surface area (Å²) in [5, 5.41) is 3.26. The standard InChI is InChI=1S/C12H24N2O4S/c1-3-8-14(9-11-4-6-13-7-5-11)19(16,17)10-12(15)18-2/h11,13H,3-10H2,1-2H3. The minimum absolute atomic E-state index is 0.375. The lowest BCUT2D eigenvalue weighted by Gasteiger charge is -2.29. The molecule has 6 nitrogen and oxygen atoms in total.